The van der Waals surface area contributed by atoms with Gasteiger partial charge in [-0.15, -0.1) is 0 Å². The SMILES string of the molecule is CCN1C(=O)C(CC(=O)Nc2ccccc2F)SC1=Nc1c(C)cc(C)cc1C. The van der Waals surface area contributed by atoms with Crippen molar-refractivity contribution in [1.82, 2.24) is 4.90 Å². The molecule has 2 amide bonds. The van der Waals surface area contributed by atoms with Crippen molar-refractivity contribution in [1.29, 1.82) is 0 Å². The van der Waals surface area contributed by atoms with E-state index >= 15 is 0 Å². The van der Waals surface area contributed by atoms with Crippen LogP contribution in [0.15, 0.2) is 41.4 Å². The number of rotatable bonds is 5. The average Bonchev–Trinajstić information content (AvgIpc) is 2.94. The predicted molar refractivity (Wildman–Crippen MR) is 116 cm³/mol. The summed E-state index contributed by atoms with van der Waals surface area (Å²) in [5, 5.41) is 2.56. The van der Waals surface area contributed by atoms with E-state index in [9.17, 15) is 14.0 Å². The van der Waals surface area contributed by atoms with E-state index < -0.39 is 17.0 Å². The smallest absolute Gasteiger partial charge is 0.242 e. The van der Waals surface area contributed by atoms with Crippen LogP contribution in [0.4, 0.5) is 15.8 Å². The molecule has 1 heterocycles. The summed E-state index contributed by atoms with van der Waals surface area (Å²) in [6, 6.07) is 10.1. The van der Waals surface area contributed by atoms with Crippen LogP contribution in [0.2, 0.25) is 0 Å². The Labute approximate surface area is 174 Å². The Morgan fingerprint density at radius 1 is 1.21 bits per heavy atom. The van der Waals surface area contributed by atoms with Gasteiger partial charge in [-0.3, -0.25) is 14.5 Å². The van der Waals surface area contributed by atoms with Gasteiger partial charge in [-0.05, 0) is 51.0 Å². The van der Waals surface area contributed by atoms with Gasteiger partial charge in [0.25, 0.3) is 0 Å². The number of nitrogens with zero attached hydrogens (tertiary/aromatic N) is 2. The van der Waals surface area contributed by atoms with E-state index in [1.807, 2.05) is 27.7 Å². The zero-order valence-electron chi connectivity index (χ0n) is 17.0. The van der Waals surface area contributed by atoms with Crippen LogP contribution in [-0.2, 0) is 9.59 Å². The van der Waals surface area contributed by atoms with Crippen molar-refractivity contribution in [2.24, 2.45) is 4.99 Å². The zero-order chi connectivity index (χ0) is 21.1. The van der Waals surface area contributed by atoms with Gasteiger partial charge in [-0.1, -0.05) is 41.6 Å². The first-order valence-corrected chi connectivity index (χ1v) is 10.4. The highest BCUT2D eigenvalue weighted by Crippen LogP contribution is 2.34. The van der Waals surface area contributed by atoms with E-state index in [-0.39, 0.29) is 18.0 Å². The summed E-state index contributed by atoms with van der Waals surface area (Å²) in [7, 11) is 0. The van der Waals surface area contributed by atoms with Crippen LogP contribution in [0.1, 0.15) is 30.0 Å². The van der Waals surface area contributed by atoms with Gasteiger partial charge in [0.2, 0.25) is 11.8 Å². The van der Waals surface area contributed by atoms with Crippen molar-refractivity contribution in [2.45, 2.75) is 39.4 Å². The summed E-state index contributed by atoms with van der Waals surface area (Å²) < 4.78 is 13.8. The summed E-state index contributed by atoms with van der Waals surface area (Å²) in [5.74, 6) is -1.06. The van der Waals surface area contributed by atoms with Gasteiger partial charge in [-0.2, -0.15) is 0 Å². The molecule has 0 bridgehead atoms. The van der Waals surface area contributed by atoms with Gasteiger partial charge >= 0.3 is 0 Å². The number of benzene rings is 2. The highest BCUT2D eigenvalue weighted by atomic mass is 32.2. The molecule has 1 unspecified atom stereocenters. The number of hydrogen-bond acceptors (Lipinski definition) is 4. The first kappa shape index (κ1) is 21.0. The maximum Gasteiger partial charge on any atom is 0.242 e. The Morgan fingerprint density at radius 3 is 2.48 bits per heavy atom. The fourth-order valence-electron chi connectivity index (χ4n) is 3.39. The van der Waals surface area contributed by atoms with Crippen LogP contribution in [0.3, 0.4) is 0 Å². The number of aliphatic imine (C=N–C) groups is 1. The lowest BCUT2D eigenvalue weighted by Crippen LogP contribution is -2.33. The number of carbonyl (C=O) groups is 2. The average molecular weight is 414 g/mol. The highest BCUT2D eigenvalue weighted by molar-refractivity contribution is 8.15. The standard InChI is InChI=1S/C22H24FN3O2S/c1-5-26-21(28)18(12-19(27)24-17-9-7-6-8-16(17)23)29-22(26)25-20-14(3)10-13(2)11-15(20)4/h6-11,18H,5,12H2,1-4H3,(H,24,27). The van der Waals surface area contributed by atoms with Gasteiger partial charge in [0.05, 0.1) is 11.4 Å². The molecule has 0 aromatic heterocycles. The molecule has 1 N–H and O–H groups in total. The molecule has 2 aromatic rings. The third kappa shape index (κ3) is 4.67. The number of amides is 2. The Balaban J connectivity index is 1.79. The zero-order valence-corrected chi connectivity index (χ0v) is 17.8. The van der Waals surface area contributed by atoms with Gasteiger partial charge < -0.3 is 5.32 Å². The second-order valence-corrected chi connectivity index (χ2v) is 8.23. The number of halogens is 1. The fraction of sp³-hybridized carbons (Fsp3) is 0.318. The Morgan fingerprint density at radius 2 is 1.86 bits per heavy atom. The molecule has 5 nitrogen and oxygen atoms in total. The quantitative estimate of drug-likeness (QED) is 0.771. The predicted octanol–water partition coefficient (Wildman–Crippen LogP) is 4.73. The maximum atomic E-state index is 13.8. The molecule has 1 saturated heterocycles. The second-order valence-electron chi connectivity index (χ2n) is 7.06. The Kier molecular flexibility index (Phi) is 6.37. The second kappa shape index (κ2) is 8.78. The molecule has 2 aromatic carbocycles. The minimum absolute atomic E-state index is 0.0424. The van der Waals surface area contributed by atoms with Crippen LogP contribution in [-0.4, -0.2) is 33.7 Å². The Bertz CT molecular complexity index is 967. The highest BCUT2D eigenvalue weighted by Gasteiger charge is 2.38. The molecule has 0 spiro atoms. The summed E-state index contributed by atoms with van der Waals surface area (Å²) >= 11 is 1.28. The van der Waals surface area contributed by atoms with Gasteiger partial charge in [0, 0.05) is 13.0 Å². The van der Waals surface area contributed by atoms with Gasteiger partial charge in [0.15, 0.2) is 5.17 Å². The largest absolute Gasteiger partial charge is 0.324 e. The number of anilines is 1. The number of para-hydroxylation sites is 1. The molecule has 0 radical (unpaired) electrons. The number of hydrogen-bond donors (Lipinski definition) is 1. The number of carbonyl (C=O) groups excluding carboxylic acids is 2. The lowest BCUT2D eigenvalue weighted by molar-refractivity contribution is -0.128. The summed E-state index contributed by atoms with van der Waals surface area (Å²) in [6.07, 6.45) is -0.0424. The maximum absolute atomic E-state index is 13.8. The third-order valence-electron chi connectivity index (χ3n) is 4.70. The first-order chi connectivity index (χ1) is 13.8. The van der Waals surface area contributed by atoms with Crippen molar-refractivity contribution in [2.75, 3.05) is 11.9 Å². The van der Waals surface area contributed by atoms with E-state index in [2.05, 4.69) is 17.4 Å². The van der Waals surface area contributed by atoms with Crippen molar-refractivity contribution in [3.63, 3.8) is 0 Å². The van der Waals surface area contributed by atoms with Gasteiger partial charge in [-0.25, -0.2) is 9.38 Å². The topological polar surface area (TPSA) is 61.8 Å². The molecule has 1 fully saturated rings. The molecule has 1 atom stereocenters. The summed E-state index contributed by atoms with van der Waals surface area (Å²) in [6.45, 7) is 8.38. The van der Waals surface area contributed by atoms with Crippen molar-refractivity contribution >= 4 is 40.1 Å². The van der Waals surface area contributed by atoms with Crippen LogP contribution in [0.25, 0.3) is 0 Å². The third-order valence-corrected chi connectivity index (χ3v) is 5.87. The molecule has 1 aliphatic rings. The molecule has 152 valence electrons. The summed E-state index contributed by atoms with van der Waals surface area (Å²) in [5.41, 5.74) is 4.20. The molecule has 1 aliphatic heterocycles. The van der Waals surface area contributed by atoms with E-state index in [0.29, 0.717) is 11.7 Å². The van der Waals surface area contributed by atoms with Crippen LogP contribution in [0, 0.1) is 26.6 Å². The normalized spacial score (nSPS) is 17.8. The van der Waals surface area contributed by atoms with Crippen molar-refractivity contribution in [3.05, 3.63) is 58.9 Å². The lowest BCUT2D eigenvalue weighted by atomic mass is 10.1. The molecule has 0 saturated carbocycles. The number of thioether (sulfide) groups is 1. The van der Waals surface area contributed by atoms with Crippen molar-refractivity contribution < 1.29 is 14.0 Å². The minimum atomic E-state index is -0.577. The molecular weight excluding hydrogens is 389 g/mol. The number of nitrogens with one attached hydrogen (secondary N) is 1. The van der Waals surface area contributed by atoms with Crippen molar-refractivity contribution in [3.8, 4) is 0 Å². The van der Waals surface area contributed by atoms with Crippen LogP contribution in [0.5, 0.6) is 0 Å². The molecular formula is C22H24FN3O2S. The monoisotopic (exact) mass is 413 g/mol. The molecule has 3 rings (SSSR count). The number of aryl methyl sites for hydroxylation is 3. The minimum Gasteiger partial charge on any atom is -0.324 e. The number of amidine groups is 1. The summed E-state index contributed by atoms with van der Waals surface area (Å²) in [4.78, 5) is 31.5. The van der Waals surface area contributed by atoms with Crippen LogP contribution < -0.4 is 5.32 Å². The van der Waals surface area contributed by atoms with Gasteiger partial charge in [0.1, 0.15) is 11.1 Å². The van der Waals surface area contributed by atoms with E-state index in [1.54, 1.807) is 17.0 Å². The van der Waals surface area contributed by atoms with Crippen LogP contribution >= 0.6 is 11.8 Å². The van der Waals surface area contributed by atoms with E-state index in [0.717, 1.165) is 22.4 Å². The van der Waals surface area contributed by atoms with E-state index in [4.69, 9.17) is 4.99 Å². The molecule has 0 aliphatic carbocycles. The van der Waals surface area contributed by atoms with E-state index in [1.165, 1.54) is 23.9 Å². The Hall–Kier alpha value is -2.67. The molecule has 7 heteroatoms. The fourth-order valence-corrected chi connectivity index (χ4v) is 4.60. The molecule has 29 heavy (non-hydrogen) atoms. The lowest BCUT2D eigenvalue weighted by Gasteiger charge is -2.14. The first-order valence-electron chi connectivity index (χ1n) is 9.49.